The average molecular weight is 267 g/mol. The largest absolute Gasteiger partial charge is 0.381 e. The van der Waals surface area contributed by atoms with Crippen LogP contribution in [0.4, 0.5) is 0 Å². The van der Waals surface area contributed by atoms with E-state index in [1.54, 1.807) is 0 Å². The molecule has 16 heavy (non-hydrogen) atoms. The fourth-order valence-corrected chi connectivity index (χ4v) is 4.35. The lowest BCUT2D eigenvalue weighted by Gasteiger charge is -2.27. The van der Waals surface area contributed by atoms with Gasteiger partial charge in [0.15, 0.2) is 0 Å². The first-order valence-corrected chi connectivity index (χ1v) is 8.47. The first-order chi connectivity index (χ1) is 7.49. The van der Waals surface area contributed by atoms with Gasteiger partial charge in [-0.15, -0.1) is 0 Å². The molecule has 0 amide bonds. The molecule has 2 saturated carbocycles. The summed E-state index contributed by atoms with van der Waals surface area (Å²) in [6, 6.07) is 0. The molecule has 3 nitrogen and oxygen atoms in total. The Balaban J connectivity index is 1.86. The first-order valence-electron chi connectivity index (χ1n) is 5.99. The van der Waals surface area contributed by atoms with Crippen molar-refractivity contribution in [2.75, 3.05) is 19.0 Å². The fourth-order valence-electron chi connectivity index (χ4n) is 2.55. The molecule has 0 saturated heterocycles. The standard InChI is InChI=1S/C11H19ClO3S/c12-16(13,14)9-11(5-1-2-6-11)8-15-7-10-3-4-10/h10H,1-9H2. The van der Waals surface area contributed by atoms with Crippen molar-refractivity contribution in [3.63, 3.8) is 0 Å². The normalized spacial score (nSPS) is 24.8. The van der Waals surface area contributed by atoms with Crippen LogP contribution in [-0.4, -0.2) is 27.4 Å². The Labute approximate surface area is 102 Å². The van der Waals surface area contributed by atoms with Gasteiger partial charge in [0.25, 0.3) is 0 Å². The van der Waals surface area contributed by atoms with Gasteiger partial charge in [0, 0.05) is 22.7 Å². The maximum Gasteiger partial charge on any atom is 0.233 e. The van der Waals surface area contributed by atoms with Gasteiger partial charge < -0.3 is 4.74 Å². The quantitative estimate of drug-likeness (QED) is 0.694. The number of hydrogen-bond acceptors (Lipinski definition) is 3. The van der Waals surface area contributed by atoms with Gasteiger partial charge in [-0.05, 0) is 31.6 Å². The summed E-state index contributed by atoms with van der Waals surface area (Å²) in [6.45, 7) is 1.36. The maximum absolute atomic E-state index is 11.2. The van der Waals surface area contributed by atoms with Crippen LogP contribution in [-0.2, 0) is 13.8 Å². The van der Waals surface area contributed by atoms with Crippen molar-refractivity contribution in [3.8, 4) is 0 Å². The molecule has 0 aromatic carbocycles. The summed E-state index contributed by atoms with van der Waals surface area (Å²) < 4.78 is 28.1. The summed E-state index contributed by atoms with van der Waals surface area (Å²) in [5.41, 5.74) is -0.199. The number of rotatable bonds is 6. The summed E-state index contributed by atoms with van der Waals surface area (Å²) in [4.78, 5) is 0. The van der Waals surface area contributed by atoms with Crippen LogP contribution in [0, 0.1) is 11.3 Å². The van der Waals surface area contributed by atoms with E-state index in [2.05, 4.69) is 0 Å². The molecule has 0 aromatic rings. The number of hydrogen-bond donors (Lipinski definition) is 0. The van der Waals surface area contributed by atoms with Crippen molar-refractivity contribution >= 4 is 19.7 Å². The van der Waals surface area contributed by atoms with E-state index < -0.39 is 9.05 Å². The second-order valence-electron chi connectivity index (χ2n) is 5.35. The molecule has 0 heterocycles. The molecule has 94 valence electrons. The predicted molar refractivity (Wildman–Crippen MR) is 64.1 cm³/mol. The topological polar surface area (TPSA) is 43.4 Å². The van der Waals surface area contributed by atoms with Gasteiger partial charge in [-0.3, -0.25) is 0 Å². The highest BCUT2D eigenvalue weighted by Gasteiger charge is 2.38. The summed E-state index contributed by atoms with van der Waals surface area (Å²) in [7, 11) is 1.96. The van der Waals surface area contributed by atoms with E-state index in [0.717, 1.165) is 38.2 Å². The monoisotopic (exact) mass is 266 g/mol. The molecule has 2 aliphatic rings. The van der Waals surface area contributed by atoms with Crippen molar-refractivity contribution in [3.05, 3.63) is 0 Å². The van der Waals surface area contributed by atoms with E-state index in [0.29, 0.717) is 6.61 Å². The van der Waals surface area contributed by atoms with Crippen LogP contribution < -0.4 is 0 Å². The molecule has 2 aliphatic carbocycles. The molecule has 0 atom stereocenters. The molecule has 0 spiro atoms. The molecule has 5 heteroatoms. The van der Waals surface area contributed by atoms with Crippen LogP contribution in [0.5, 0.6) is 0 Å². The highest BCUT2D eigenvalue weighted by atomic mass is 35.7. The van der Waals surface area contributed by atoms with E-state index in [1.165, 1.54) is 12.8 Å². The molecule has 0 radical (unpaired) electrons. The zero-order valence-electron chi connectivity index (χ0n) is 9.45. The minimum Gasteiger partial charge on any atom is -0.381 e. The lowest BCUT2D eigenvalue weighted by atomic mass is 9.90. The van der Waals surface area contributed by atoms with Gasteiger partial charge in [0.1, 0.15) is 0 Å². The molecule has 2 rings (SSSR count). The molecular weight excluding hydrogens is 248 g/mol. The van der Waals surface area contributed by atoms with Gasteiger partial charge in [-0.1, -0.05) is 12.8 Å². The minimum absolute atomic E-state index is 0.0756. The van der Waals surface area contributed by atoms with Crippen molar-refractivity contribution in [1.29, 1.82) is 0 Å². The molecular formula is C11H19ClO3S. The van der Waals surface area contributed by atoms with E-state index in [1.807, 2.05) is 0 Å². The Hall–Kier alpha value is 0.200. The Morgan fingerprint density at radius 1 is 1.25 bits per heavy atom. The van der Waals surface area contributed by atoms with Crippen LogP contribution in [0.15, 0.2) is 0 Å². The first kappa shape index (κ1) is 12.7. The van der Waals surface area contributed by atoms with Crippen LogP contribution >= 0.6 is 10.7 Å². The molecule has 0 bridgehead atoms. The van der Waals surface area contributed by atoms with Crippen molar-refractivity contribution < 1.29 is 13.2 Å². The van der Waals surface area contributed by atoms with Crippen molar-refractivity contribution in [1.82, 2.24) is 0 Å². The molecule has 0 N–H and O–H groups in total. The highest BCUT2D eigenvalue weighted by molar-refractivity contribution is 8.13. The third kappa shape index (κ3) is 3.90. The van der Waals surface area contributed by atoms with Crippen molar-refractivity contribution in [2.45, 2.75) is 38.5 Å². The number of ether oxygens (including phenoxy) is 1. The van der Waals surface area contributed by atoms with Crippen LogP contribution in [0.3, 0.4) is 0 Å². The Bertz CT molecular complexity index is 329. The lowest BCUT2D eigenvalue weighted by molar-refractivity contribution is 0.0519. The zero-order valence-corrected chi connectivity index (χ0v) is 11.0. The Kier molecular flexibility index (Phi) is 3.82. The third-order valence-corrected chi connectivity index (χ3v) is 4.89. The van der Waals surface area contributed by atoms with E-state index >= 15 is 0 Å². The van der Waals surface area contributed by atoms with Crippen molar-refractivity contribution in [2.24, 2.45) is 11.3 Å². The second kappa shape index (κ2) is 4.83. The number of halogens is 1. The second-order valence-corrected chi connectivity index (χ2v) is 8.13. The van der Waals surface area contributed by atoms with E-state index in [9.17, 15) is 8.42 Å². The minimum atomic E-state index is -3.41. The van der Waals surface area contributed by atoms with Crippen LogP contribution in [0.2, 0.25) is 0 Å². The average Bonchev–Trinajstić information content (AvgIpc) is 2.85. The Morgan fingerprint density at radius 3 is 2.38 bits per heavy atom. The van der Waals surface area contributed by atoms with Gasteiger partial charge in [0.2, 0.25) is 9.05 Å². The maximum atomic E-state index is 11.2. The van der Waals surface area contributed by atoms with E-state index in [-0.39, 0.29) is 11.2 Å². The van der Waals surface area contributed by atoms with Gasteiger partial charge in [-0.2, -0.15) is 0 Å². The van der Waals surface area contributed by atoms with E-state index in [4.69, 9.17) is 15.4 Å². The van der Waals surface area contributed by atoms with Gasteiger partial charge >= 0.3 is 0 Å². The summed E-state index contributed by atoms with van der Waals surface area (Å²) in [5.74, 6) is 0.803. The smallest absolute Gasteiger partial charge is 0.233 e. The summed E-state index contributed by atoms with van der Waals surface area (Å²) in [5, 5.41) is 0. The zero-order chi connectivity index (χ0) is 11.6. The summed E-state index contributed by atoms with van der Waals surface area (Å²) in [6.07, 6.45) is 6.59. The SMILES string of the molecule is O=S(=O)(Cl)CC1(COCC2CC2)CCCC1. The van der Waals surface area contributed by atoms with Gasteiger partial charge in [0.05, 0.1) is 12.4 Å². The fraction of sp³-hybridized carbons (Fsp3) is 1.00. The Morgan fingerprint density at radius 2 is 1.88 bits per heavy atom. The molecule has 0 unspecified atom stereocenters. The molecule has 0 aromatic heterocycles. The molecule has 0 aliphatic heterocycles. The van der Waals surface area contributed by atoms with Crippen LogP contribution in [0.25, 0.3) is 0 Å². The molecule has 2 fully saturated rings. The summed E-state index contributed by atoms with van der Waals surface area (Å²) >= 11 is 0. The highest BCUT2D eigenvalue weighted by Crippen LogP contribution is 2.40. The van der Waals surface area contributed by atoms with Gasteiger partial charge in [-0.25, -0.2) is 8.42 Å². The lowest BCUT2D eigenvalue weighted by Crippen LogP contribution is -2.31. The third-order valence-electron chi connectivity index (χ3n) is 3.60. The predicted octanol–water partition coefficient (Wildman–Crippen LogP) is 2.54. The van der Waals surface area contributed by atoms with Crippen LogP contribution in [0.1, 0.15) is 38.5 Å².